The fourth-order valence-electron chi connectivity index (χ4n) is 2.08. The zero-order valence-corrected chi connectivity index (χ0v) is 12.5. The van der Waals surface area contributed by atoms with E-state index in [4.69, 9.17) is 16.0 Å². The van der Waals surface area contributed by atoms with Crippen LogP contribution in [0.3, 0.4) is 0 Å². The van der Waals surface area contributed by atoms with Crippen molar-refractivity contribution in [3.05, 3.63) is 39.3 Å². The second-order valence-corrected chi connectivity index (χ2v) is 4.94. The number of aromatic nitrogens is 3. The van der Waals surface area contributed by atoms with Crippen LogP contribution < -0.4 is 10.5 Å². The molecule has 3 aromatic rings. The van der Waals surface area contributed by atoms with E-state index in [2.05, 4.69) is 19.7 Å². The van der Waals surface area contributed by atoms with Gasteiger partial charge in [-0.3, -0.25) is 4.98 Å². The lowest BCUT2D eigenvalue weighted by atomic mass is 10.1. The van der Waals surface area contributed by atoms with Gasteiger partial charge < -0.3 is 9.15 Å². The standard InChI is InChI=1S/C13H5ClF5N3O3/c14-6-4(15)1-3(9-7(6)22-13(23)24-9)5-2-20-11(25-12(18)19)8(21-5)10(16)17/h1-2,10,12H,(H,22,23). The Labute approximate surface area is 139 Å². The molecule has 0 saturated carbocycles. The maximum absolute atomic E-state index is 13.9. The Morgan fingerprint density at radius 3 is 2.64 bits per heavy atom. The molecule has 0 unspecified atom stereocenters. The summed E-state index contributed by atoms with van der Waals surface area (Å²) in [4.78, 5) is 20.3. The van der Waals surface area contributed by atoms with Gasteiger partial charge in [0.05, 0.1) is 11.9 Å². The lowest BCUT2D eigenvalue weighted by Crippen LogP contribution is -2.08. The summed E-state index contributed by atoms with van der Waals surface area (Å²) in [6, 6.07) is 0.786. The molecule has 1 aromatic carbocycles. The van der Waals surface area contributed by atoms with Crippen molar-refractivity contribution < 1.29 is 31.1 Å². The Morgan fingerprint density at radius 2 is 2.00 bits per heavy atom. The first-order chi connectivity index (χ1) is 11.8. The van der Waals surface area contributed by atoms with Gasteiger partial charge in [0.15, 0.2) is 11.3 Å². The van der Waals surface area contributed by atoms with Crippen molar-refractivity contribution in [1.82, 2.24) is 15.0 Å². The topological polar surface area (TPSA) is 81.0 Å². The van der Waals surface area contributed by atoms with Crippen molar-refractivity contribution in [1.29, 1.82) is 0 Å². The van der Waals surface area contributed by atoms with Gasteiger partial charge in [0.2, 0.25) is 5.88 Å². The third kappa shape index (κ3) is 3.14. The molecule has 0 aliphatic heterocycles. The van der Waals surface area contributed by atoms with Gasteiger partial charge in [0.1, 0.15) is 16.4 Å². The zero-order valence-electron chi connectivity index (χ0n) is 11.7. The Morgan fingerprint density at radius 1 is 1.28 bits per heavy atom. The Kier molecular flexibility index (Phi) is 4.33. The van der Waals surface area contributed by atoms with E-state index < -0.39 is 41.2 Å². The van der Waals surface area contributed by atoms with Crippen molar-refractivity contribution >= 4 is 22.7 Å². The van der Waals surface area contributed by atoms with Gasteiger partial charge >= 0.3 is 12.4 Å². The van der Waals surface area contributed by atoms with Gasteiger partial charge in [0.25, 0.3) is 6.43 Å². The van der Waals surface area contributed by atoms with Crippen LogP contribution in [-0.2, 0) is 0 Å². The van der Waals surface area contributed by atoms with E-state index in [-0.39, 0.29) is 22.4 Å². The molecule has 0 aliphatic rings. The number of nitrogens with zero attached hydrogens (tertiary/aromatic N) is 2. The minimum atomic E-state index is -3.39. The summed E-state index contributed by atoms with van der Waals surface area (Å²) in [5.41, 5.74) is -2.24. The Hall–Kier alpha value is -2.69. The molecule has 2 aromatic heterocycles. The lowest BCUT2D eigenvalue weighted by molar-refractivity contribution is -0.0556. The number of alkyl halides is 4. The first-order valence-corrected chi connectivity index (χ1v) is 6.76. The second-order valence-electron chi connectivity index (χ2n) is 4.56. The molecule has 0 spiro atoms. The van der Waals surface area contributed by atoms with Crippen molar-refractivity contribution in [2.75, 3.05) is 0 Å². The average Bonchev–Trinajstić information content (AvgIpc) is 2.92. The van der Waals surface area contributed by atoms with E-state index in [0.29, 0.717) is 0 Å². The van der Waals surface area contributed by atoms with Crippen molar-refractivity contribution in [2.24, 2.45) is 0 Å². The van der Waals surface area contributed by atoms with E-state index in [1.165, 1.54) is 0 Å². The number of oxazole rings is 1. The smallest absolute Gasteiger partial charge is 0.415 e. The van der Waals surface area contributed by atoms with Gasteiger partial charge in [-0.15, -0.1) is 0 Å². The number of hydrogen-bond donors (Lipinski definition) is 1. The van der Waals surface area contributed by atoms with Gasteiger partial charge in [0, 0.05) is 5.56 Å². The number of aromatic amines is 1. The summed E-state index contributed by atoms with van der Waals surface area (Å²) in [6.07, 6.45) is -2.51. The number of halogens is 6. The van der Waals surface area contributed by atoms with E-state index >= 15 is 0 Å². The molecule has 1 N–H and O–H groups in total. The highest BCUT2D eigenvalue weighted by Gasteiger charge is 2.24. The van der Waals surface area contributed by atoms with Crippen LogP contribution in [0.25, 0.3) is 22.4 Å². The highest BCUT2D eigenvalue weighted by molar-refractivity contribution is 6.35. The SMILES string of the molecule is O=c1[nH]c2c(Cl)c(F)cc(-c3cnc(OC(F)F)c(C(F)F)n3)c2o1. The van der Waals surface area contributed by atoms with Gasteiger partial charge in [-0.05, 0) is 6.07 Å². The second kappa shape index (κ2) is 6.31. The monoisotopic (exact) mass is 381 g/mol. The maximum atomic E-state index is 13.9. The first-order valence-electron chi connectivity index (χ1n) is 6.39. The summed E-state index contributed by atoms with van der Waals surface area (Å²) in [6.45, 7) is -3.39. The zero-order chi connectivity index (χ0) is 18.3. The van der Waals surface area contributed by atoms with E-state index in [1.54, 1.807) is 0 Å². The number of hydrogen-bond acceptors (Lipinski definition) is 5. The number of nitrogens with one attached hydrogen (secondary N) is 1. The van der Waals surface area contributed by atoms with E-state index in [1.807, 2.05) is 0 Å². The Bertz CT molecular complexity index is 1000. The summed E-state index contributed by atoms with van der Waals surface area (Å²) in [5.74, 6) is -3.03. The molecule has 0 fully saturated rings. The fourth-order valence-corrected chi connectivity index (χ4v) is 2.26. The highest BCUT2D eigenvalue weighted by atomic mass is 35.5. The number of ether oxygens (including phenoxy) is 1. The average molecular weight is 382 g/mol. The molecule has 3 rings (SSSR count). The normalized spacial score (nSPS) is 11.7. The fraction of sp³-hybridized carbons (Fsp3) is 0.154. The number of rotatable bonds is 4. The molecule has 2 heterocycles. The van der Waals surface area contributed by atoms with Crippen LogP contribution in [0.1, 0.15) is 12.1 Å². The van der Waals surface area contributed by atoms with Crippen LogP contribution in [0, 0.1) is 5.82 Å². The van der Waals surface area contributed by atoms with Gasteiger partial charge in [-0.25, -0.2) is 27.9 Å². The van der Waals surface area contributed by atoms with Crippen LogP contribution in [0.5, 0.6) is 5.88 Å². The van der Waals surface area contributed by atoms with E-state index in [0.717, 1.165) is 12.3 Å². The lowest BCUT2D eigenvalue weighted by Gasteiger charge is -2.10. The van der Waals surface area contributed by atoms with Crippen LogP contribution in [0.4, 0.5) is 22.0 Å². The molecule has 25 heavy (non-hydrogen) atoms. The van der Waals surface area contributed by atoms with Crippen LogP contribution >= 0.6 is 11.6 Å². The predicted molar refractivity (Wildman–Crippen MR) is 74.4 cm³/mol. The van der Waals surface area contributed by atoms with Crippen LogP contribution in [0.2, 0.25) is 5.02 Å². The molecular formula is C13H5ClF5N3O3. The minimum Gasteiger partial charge on any atom is -0.415 e. The molecule has 0 saturated heterocycles. The Balaban J connectivity index is 2.23. The van der Waals surface area contributed by atoms with Crippen molar-refractivity contribution in [2.45, 2.75) is 13.0 Å². The third-order valence-corrected chi connectivity index (χ3v) is 3.41. The summed E-state index contributed by atoms with van der Waals surface area (Å²) < 4.78 is 73.1. The molecule has 0 aliphatic carbocycles. The minimum absolute atomic E-state index is 0.213. The molecular weight excluding hydrogens is 377 g/mol. The number of fused-ring (bicyclic) bond motifs is 1. The molecule has 0 radical (unpaired) electrons. The molecule has 0 bridgehead atoms. The third-order valence-electron chi connectivity index (χ3n) is 3.04. The van der Waals surface area contributed by atoms with Crippen LogP contribution in [0.15, 0.2) is 21.5 Å². The van der Waals surface area contributed by atoms with E-state index in [9.17, 15) is 26.7 Å². The maximum Gasteiger partial charge on any atom is 0.417 e. The highest BCUT2D eigenvalue weighted by Crippen LogP contribution is 2.35. The molecule has 6 nitrogen and oxygen atoms in total. The summed E-state index contributed by atoms with van der Waals surface area (Å²) in [7, 11) is 0. The summed E-state index contributed by atoms with van der Waals surface area (Å²) in [5, 5.41) is -0.454. The largest absolute Gasteiger partial charge is 0.417 e. The van der Waals surface area contributed by atoms with Gasteiger partial charge in [-0.1, -0.05) is 11.6 Å². The quantitative estimate of drug-likeness (QED) is 0.693. The first kappa shape index (κ1) is 17.1. The van der Waals surface area contributed by atoms with Crippen molar-refractivity contribution in [3.63, 3.8) is 0 Å². The molecule has 132 valence electrons. The van der Waals surface area contributed by atoms with Gasteiger partial charge in [-0.2, -0.15) is 8.78 Å². The number of benzene rings is 1. The number of H-pyrrole nitrogens is 1. The molecule has 0 atom stereocenters. The predicted octanol–water partition coefficient (Wildman–Crippen LogP) is 3.91. The van der Waals surface area contributed by atoms with Crippen molar-refractivity contribution in [3.8, 4) is 17.1 Å². The van der Waals surface area contributed by atoms with Crippen LogP contribution in [-0.4, -0.2) is 21.6 Å². The molecule has 12 heteroatoms. The molecule has 0 amide bonds. The summed E-state index contributed by atoms with van der Waals surface area (Å²) >= 11 is 5.70.